The summed E-state index contributed by atoms with van der Waals surface area (Å²) in [4.78, 5) is 4.09. The molecule has 0 saturated heterocycles. The van der Waals surface area contributed by atoms with Crippen LogP contribution >= 0.6 is 0 Å². The van der Waals surface area contributed by atoms with Crippen molar-refractivity contribution < 1.29 is 8.42 Å². The molecular formula is C16H14N4O2S. The van der Waals surface area contributed by atoms with E-state index in [0.29, 0.717) is 5.56 Å². The zero-order valence-electron chi connectivity index (χ0n) is 12.0. The summed E-state index contributed by atoms with van der Waals surface area (Å²) in [5.74, 6) is -0.351. The highest BCUT2D eigenvalue weighted by Crippen LogP contribution is 2.30. The van der Waals surface area contributed by atoms with Crippen LogP contribution in [0.25, 0.3) is 22.0 Å². The van der Waals surface area contributed by atoms with Crippen LogP contribution in [0.4, 0.5) is 0 Å². The van der Waals surface area contributed by atoms with Crippen LogP contribution in [-0.2, 0) is 10.0 Å². The van der Waals surface area contributed by atoms with Crippen molar-refractivity contribution in [3.8, 4) is 11.1 Å². The van der Waals surface area contributed by atoms with Gasteiger partial charge in [0, 0.05) is 17.1 Å². The topological polar surface area (TPSA) is 123 Å². The highest BCUT2D eigenvalue weighted by atomic mass is 32.2. The molecule has 0 aliphatic carbocycles. The highest BCUT2D eigenvalue weighted by Gasteiger charge is 2.20. The van der Waals surface area contributed by atoms with Gasteiger partial charge in [0.2, 0.25) is 10.0 Å². The Morgan fingerprint density at radius 3 is 2.57 bits per heavy atom. The van der Waals surface area contributed by atoms with Gasteiger partial charge in [-0.15, -0.1) is 0 Å². The molecule has 0 saturated carbocycles. The molecular weight excluding hydrogens is 312 g/mol. The first kappa shape index (κ1) is 15.1. The number of rotatable bonds is 3. The molecule has 2 aromatic carbocycles. The fourth-order valence-corrected chi connectivity index (χ4v) is 3.30. The summed E-state index contributed by atoms with van der Waals surface area (Å²) in [6.07, 6.45) is 1.70. The van der Waals surface area contributed by atoms with Crippen LogP contribution < -0.4 is 10.9 Å². The zero-order chi connectivity index (χ0) is 16.6. The average Bonchev–Trinajstić information content (AvgIpc) is 2.52. The fraction of sp³-hybridized carbons (Fsp3) is 0. The monoisotopic (exact) mass is 326 g/mol. The predicted octanol–water partition coefficient (Wildman–Crippen LogP) is 1.83. The lowest BCUT2D eigenvalue weighted by Crippen LogP contribution is -2.21. The summed E-state index contributed by atoms with van der Waals surface area (Å²) in [7, 11) is -3.98. The first-order valence-corrected chi connectivity index (χ1v) is 8.28. The maximum Gasteiger partial charge on any atom is 0.238 e. The van der Waals surface area contributed by atoms with E-state index in [0.717, 1.165) is 16.5 Å². The van der Waals surface area contributed by atoms with Gasteiger partial charge in [0.1, 0.15) is 5.84 Å². The molecule has 3 aromatic rings. The number of nitrogens with zero attached hydrogens (tertiary/aromatic N) is 1. The number of hydrogen-bond donors (Lipinski definition) is 3. The number of nitrogens with one attached hydrogen (secondary N) is 1. The van der Waals surface area contributed by atoms with Gasteiger partial charge in [-0.3, -0.25) is 10.4 Å². The van der Waals surface area contributed by atoms with Gasteiger partial charge in [-0.25, -0.2) is 13.6 Å². The number of benzene rings is 2. The third-order valence-electron chi connectivity index (χ3n) is 3.52. The Kier molecular flexibility index (Phi) is 3.59. The molecule has 6 nitrogen and oxygen atoms in total. The summed E-state index contributed by atoms with van der Waals surface area (Å²) in [5.41, 5.74) is 7.82. The largest absolute Gasteiger partial charge is 0.384 e. The Balaban J connectivity index is 2.32. The number of primary sulfonamides is 1. The molecule has 0 spiro atoms. The van der Waals surface area contributed by atoms with E-state index in [4.69, 9.17) is 16.3 Å². The maximum atomic E-state index is 11.8. The van der Waals surface area contributed by atoms with Gasteiger partial charge in [0.15, 0.2) is 0 Å². The number of pyridine rings is 1. The second-order valence-electron chi connectivity index (χ2n) is 5.05. The molecule has 1 heterocycles. The lowest BCUT2D eigenvalue weighted by Gasteiger charge is -2.13. The quantitative estimate of drug-likeness (QED) is 0.502. The van der Waals surface area contributed by atoms with Gasteiger partial charge < -0.3 is 5.73 Å². The van der Waals surface area contributed by atoms with Crippen LogP contribution in [0, 0.1) is 5.41 Å². The molecule has 0 fully saturated rings. The summed E-state index contributed by atoms with van der Waals surface area (Å²) >= 11 is 0. The first-order valence-electron chi connectivity index (χ1n) is 6.73. The number of amidine groups is 1. The number of aromatic nitrogens is 1. The average molecular weight is 326 g/mol. The third kappa shape index (κ3) is 2.79. The first-order chi connectivity index (χ1) is 10.9. The minimum absolute atomic E-state index is 0.109. The van der Waals surface area contributed by atoms with Crippen molar-refractivity contribution in [3.63, 3.8) is 0 Å². The predicted molar refractivity (Wildman–Crippen MR) is 89.6 cm³/mol. The summed E-state index contributed by atoms with van der Waals surface area (Å²) < 4.78 is 23.5. The van der Waals surface area contributed by atoms with E-state index in [-0.39, 0.29) is 16.3 Å². The van der Waals surface area contributed by atoms with E-state index >= 15 is 0 Å². The second kappa shape index (κ2) is 5.45. The van der Waals surface area contributed by atoms with Gasteiger partial charge in [0.05, 0.1) is 10.4 Å². The van der Waals surface area contributed by atoms with Crippen molar-refractivity contribution >= 4 is 26.8 Å². The van der Waals surface area contributed by atoms with Crippen molar-refractivity contribution in [2.75, 3.05) is 0 Å². The van der Waals surface area contributed by atoms with Crippen molar-refractivity contribution in [3.05, 3.63) is 60.3 Å². The highest BCUT2D eigenvalue weighted by molar-refractivity contribution is 7.89. The van der Waals surface area contributed by atoms with Crippen molar-refractivity contribution in [1.82, 2.24) is 4.98 Å². The lowest BCUT2D eigenvalue weighted by atomic mass is 9.97. The molecule has 0 amide bonds. The number of nitrogen functional groups attached to an aromatic ring is 1. The van der Waals surface area contributed by atoms with E-state index in [9.17, 15) is 8.42 Å². The van der Waals surface area contributed by atoms with Crippen LogP contribution in [-0.4, -0.2) is 19.2 Å². The molecule has 5 N–H and O–H groups in total. The van der Waals surface area contributed by atoms with Crippen molar-refractivity contribution in [2.45, 2.75) is 4.90 Å². The second-order valence-corrected chi connectivity index (χ2v) is 6.58. The molecule has 0 atom stereocenters. The minimum atomic E-state index is -3.98. The van der Waals surface area contributed by atoms with Gasteiger partial charge in [-0.1, -0.05) is 24.3 Å². The maximum absolute atomic E-state index is 11.8. The molecule has 3 rings (SSSR count). The molecule has 0 aliphatic heterocycles. The Morgan fingerprint density at radius 2 is 1.87 bits per heavy atom. The molecule has 0 aliphatic rings. The van der Waals surface area contributed by atoms with Crippen molar-refractivity contribution in [1.29, 1.82) is 5.41 Å². The molecule has 1 aromatic heterocycles. The molecule has 0 radical (unpaired) electrons. The standard InChI is InChI=1S/C16H14N4O2S/c17-16(18)15-12(4-1-5-14(15)23(19,21)22)10-6-7-13-11(9-10)3-2-8-20-13/h1-9H,(H3,17,18)(H2,19,21,22). The Hall–Kier alpha value is -2.77. The molecule has 23 heavy (non-hydrogen) atoms. The van der Waals surface area contributed by atoms with E-state index < -0.39 is 10.0 Å². The van der Waals surface area contributed by atoms with E-state index in [1.807, 2.05) is 30.3 Å². The number of nitrogens with two attached hydrogens (primary N) is 2. The zero-order valence-corrected chi connectivity index (χ0v) is 12.8. The van der Waals surface area contributed by atoms with Gasteiger partial charge >= 0.3 is 0 Å². The van der Waals surface area contributed by atoms with Crippen LogP contribution in [0.5, 0.6) is 0 Å². The van der Waals surface area contributed by atoms with Gasteiger partial charge in [-0.05, 0) is 35.4 Å². The van der Waals surface area contributed by atoms with Crippen LogP contribution in [0.1, 0.15) is 5.56 Å². The minimum Gasteiger partial charge on any atom is -0.384 e. The van der Waals surface area contributed by atoms with E-state index in [1.165, 1.54) is 6.07 Å². The Labute approximate surface area is 133 Å². The van der Waals surface area contributed by atoms with Crippen molar-refractivity contribution in [2.24, 2.45) is 10.9 Å². The van der Waals surface area contributed by atoms with Gasteiger partial charge in [-0.2, -0.15) is 0 Å². The fourth-order valence-electron chi connectivity index (χ4n) is 2.53. The molecule has 116 valence electrons. The molecule has 0 unspecified atom stereocenters. The molecule has 7 heteroatoms. The van der Waals surface area contributed by atoms with E-state index in [1.54, 1.807) is 18.3 Å². The summed E-state index contributed by atoms with van der Waals surface area (Å²) in [6.45, 7) is 0. The summed E-state index contributed by atoms with van der Waals surface area (Å²) in [5, 5.41) is 13.9. The Bertz CT molecular complexity index is 1030. The number of sulfonamides is 1. The van der Waals surface area contributed by atoms with Crippen LogP contribution in [0.2, 0.25) is 0 Å². The summed E-state index contributed by atoms with van der Waals surface area (Å²) in [6, 6.07) is 13.9. The number of hydrogen-bond acceptors (Lipinski definition) is 4. The van der Waals surface area contributed by atoms with E-state index in [2.05, 4.69) is 4.98 Å². The Morgan fingerprint density at radius 1 is 1.09 bits per heavy atom. The third-order valence-corrected chi connectivity index (χ3v) is 4.47. The smallest absolute Gasteiger partial charge is 0.238 e. The van der Waals surface area contributed by atoms with Crippen LogP contribution in [0.15, 0.2) is 59.6 Å². The molecule has 0 bridgehead atoms. The SMILES string of the molecule is N=C(N)c1c(-c2ccc3ncccc3c2)cccc1S(N)(=O)=O. The normalized spacial score (nSPS) is 11.5. The van der Waals surface area contributed by atoms with Gasteiger partial charge in [0.25, 0.3) is 0 Å². The lowest BCUT2D eigenvalue weighted by molar-refractivity contribution is 0.597. The number of fused-ring (bicyclic) bond motifs is 1. The van der Waals surface area contributed by atoms with Crippen LogP contribution in [0.3, 0.4) is 0 Å².